The smallest absolute Gasteiger partial charge is 0.333 e. The van der Waals surface area contributed by atoms with Gasteiger partial charge >= 0.3 is 10.3 Å². The number of carbonyl (C=O) groups is 1. The second-order valence-corrected chi connectivity index (χ2v) is 10.8. The molecular weight excluding hydrogens is 440 g/mol. The molecule has 1 amide bonds. The Bertz CT molecular complexity index is 850. The van der Waals surface area contributed by atoms with E-state index in [9.17, 15) is 13.2 Å². The SMILES string of the molecule is CN(C(=O)c1ccc(N)cc1)C1CCN(C2CCCCC2)C1.NS(=O)(=O)OC1CCCCC1. The summed E-state index contributed by atoms with van der Waals surface area (Å²) in [5.41, 5.74) is 7.12. The number of benzene rings is 1. The van der Waals surface area contributed by atoms with Crippen molar-refractivity contribution in [3.05, 3.63) is 29.8 Å². The second kappa shape index (κ2) is 12.1. The first-order chi connectivity index (χ1) is 15.7. The van der Waals surface area contributed by atoms with Crippen LogP contribution in [-0.2, 0) is 14.5 Å². The first kappa shape index (κ1) is 25.9. The Morgan fingerprint density at radius 2 is 1.55 bits per heavy atom. The fourth-order valence-electron chi connectivity index (χ4n) is 5.21. The predicted molar refractivity (Wildman–Crippen MR) is 131 cm³/mol. The minimum absolute atomic E-state index is 0.107. The van der Waals surface area contributed by atoms with Gasteiger partial charge in [0.15, 0.2) is 0 Å². The van der Waals surface area contributed by atoms with Crippen LogP contribution in [0, 0.1) is 0 Å². The molecule has 0 bridgehead atoms. The van der Waals surface area contributed by atoms with Gasteiger partial charge in [-0.3, -0.25) is 13.9 Å². The number of likely N-dealkylation sites (tertiary alicyclic amines) is 1. The molecule has 9 heteroatoms. The minimum Gasteiger partial charge on any atom is -0.399 e. The van der Waals surface area contributed by atoms with Crippen LogP contribution in [0.3, 0.4) is 0 Å². The summed E-state index contributed by atoms with van der Waals surface area (Å²) in [7, 11) is -1.79. The Balaban J connectivity index is 0.000000235. The van der Waals surface area contributed by atoms with Crippen molar-refractivity contribution in [1.82, 2.24) is 9.80 Å². The van der Waals surface area contributed by atoms with Gasteiger partial charge in [-0.15, -0.1) is 0 Å². The standard InChI is InChI=1S/C18H27N3O.C6H13NO3S/c1-20(18(22)14-7-9-15(19)10-8-14)17-11-12-21(13-17)16-5-3-2-4-6-16;7-11(8,9)10-6-4-2-1-3-5-6/h7-10,16-17H,2-6,11-13,19H2,1H3;6H,1-5H2,(H2,7,8,9). The second-order valence-electron chi connectivity index (χ2n) is 9.62. The van der Waals surface area contributed by atoms with Gasteiger partial charge in [0.05, 0.1) is 6.10 Å². The number of likely N-dealkylation sites (N-methyl/N-ethyl adjacent to an activating group) is 1. The number of rotatable bonds is 5. The molecule has 0 spiro atoms. The van der Waals surface area contributed by atoms with Gasteiger partial charge in [0.25, 0.3) is 5.91 Å². The van der Waals surface area contributed by atoms with Crippen molar-refractivity contribution in [2.24, 2.45) is 5.14 Å². The minimum atomic E-state index is -3.72. The summed E-state index contributed by atoms with van der Waals surface area (Å²) in [6.07, 6.45) is 12.6. The van der Waals surface area contributed by atoms with Crippen molar-refractivity contribution in [3.8, 4) is 0 Å². The molecule has 1 aliphatic heterocycles. The zero-order valence-electron chi connectivity index (χ0n) is 19.8. The molecule has 1 aromatic rings. The van der Waals surface area contributed by atoms with E-state index in [1.54, 1.807) is 12.1 Å². The third-order valence-electron chi connectivity index (χ3n) is 7.13. The summed E-state index contributed by atoms with van der Waals surface area (Å²) in [4.78, 5) is 17.1. The molecule has 8 nitrogen and oxygen atoms in total. The number of nitrogens with zero attached hydrogens (tertiary/aromatic N) is 2. The highest BCUT2D eigenvalue weighted by atomic mass is 32.2. The molecule has 1 unspecified atom stereocenters. The Morgan fingerprint density at radius 1 is 0.970 bits per heavy atom. The molecule has 2 aliphatic carbocycles. The first-order valence-corrected chi connectivity index (χ1v) is 13.8. The van der Waals surface area contributed by atoms with Gasteiger partial charge in [-0.2, -0.15) is 8.42 Å². The average Bonchev–Trinajstić information content (AvgIpc) is 3.30. The molecule has 3 fully saturated rings. The van der Waals surface area contributed by atoms with Gasteiger partial charge in [0.2, 0.25) is 0 Å². The number of amides is 1. The lowest BCUT2D eigenvalue weighted by Gasteiger charge is -2.32. The van der Waals surface area contributed by atoms with Gasteiger partial charge in [-0.1, -0.05) is 38.5 Å². The highest BCUT2D eigenvalue weighted by molar-refractivity contribution is 7.84. The molecule has 33 heavy (non-hydrogen) atoms. The van der Waals surface area contributed by atoms with Gasteiger partial charge in [-0.05, 0) is 56.4 Å². The van der Waals surface area contributed by atoms with Crippen LogP contribution in [0.15, 0.2) is 24.3 Å². The van der Waals surface area contributed by atoms with Crippen molar-refractivity contribution in [3.63, 3.8) is 0 Å². The molecule has 4 N–H and O–H groups in total. The van der Waals surface area contributed by atoms with Crippen molar-refractivity contribution in [2.75, 3.05) is 25.9 Å². The third kappa shape index (κ3) is 8.24. The molecular formula is C24H40N4O4S. The largest absolute Gasteiger partial charge is 0.399 e. The van der Waals surface area contributed by atoms with Crippen molar-refractivity contribution in [2.45, 2.75) is 88.8 Å². The monoisotopic (exact) mass is 480 g/mol. The van der Waals surface area contributed by atoms with Gasteiger partial charge in [0, 0.05) is 43.5 Å². The third-order valence-corrected chi connectivity index (χ3v) is 7.67. The molecule has 1 saturated heterocycles. The Hall–Kier alpha value is -1.68. The fourth-order valence-corrected chi connectivity index (χ4v) is 5.78. The molecule has 186 valence electrons. The van der Waals surface area contributed by atoms with Gasteiger partial charge in [-0.25, -0.2) is 5.14 Å². The van der Waals surface area contributed by atoms with Crippen molar-refractivity contribution >= 4 is 21.9 Å². The molecule has 1 heterocycles. The van der Waals surface area contributed by atoms with Crippen LogP contribution >= 0.6 is 0 Å². The van der Waals surface area contributed by atoms with E-state index >= 15 is 0 Å². The lowest BCUT2D eigenvalue weighted by molar-refractivity contribution is 0.0726. The Kier molecular flexibility index (Phi) is 9.55. The Labute approximate surface area is 198 Å². The van der Waals surface area contributed by atoms with Crippen LogP contribution in [0.25, 0.3) is 0 Å². The highest BCUT2D eigenvalue weighted by Crippen LogP contribution is 2.27. The zero-order valence-corrected chi connectivity index (χ0v) is 20.6. The topological polar surface area (TPSA) is 119 Å². The summed E-state index contributed by atoms with van der Waals surface area (Å²) in [6, 6.07) is 8.32. The van der Waals surface area contributed by atoms with E-state index in [1.165, 1.54) is 38.5 Å². The van der Waals surface area contributed by atoms with E-state index in [0.29, 0.717) is 11.7 Å². The van der Waals surface area contributed by atoms with Crippen molar-refractivity contribution in [1.29, 1.82) is 0 Å². The van der Waals surface area contributed by atoms with Crippen LogP contribution in [0.4, 0.5) is 5.69 Å². The van der Waals surface area contributed by atoms with Crippen molar-refractivity contribution < 1.29 is 17.4 Å². The van der Waals surface area contributed by atoms with Crippen LogP contribution in [0.2, 0.25) is 0 Å². The molecule has 1 atom stereocenters. The predicted octanol–water partition coefficient (Wildman–Crippen LogP) is 3.29. The molecule has 3 aliphatic rings. The quantitative estimate of drug-likeness (QED) is 0.624. The van der Waals surface area contributed by atoms with E-state index in [4.69, 9.17) is 10.9 Å². The number of hydrogen-bond acceptors (Lipinski definition) is 6. The van der Waals surface area contributed by atoms with E-state index in [0.717, 1.165) is 56.8 Å². The van der Waals surface area contributed by atoms with Crippen LogP contribution in [0.1, 0.15) is 81.0 Å². The van der Waals surface area contributed by atoms with Gasteiger partial charge in [0.1, 0.15) is 0 Å². The first-order valence-electron chi connectivity index (χ1n) is 12.3. The van der Waals surface area contributed by atoms with Crippen LogP contribution in [-0.4, -0.2) is 62.4 Å². The lowest BCUT2D eigenvalue weighted by atomic mass is 9.94. The molecule has 0 aromatic heterocycles. The van der Waals surface area contributed by atoms with Crippen LogP contribution < -0.4 is 10.9 Å². The van der Waals surface area contributed by atoms with Crippen LogP contribution in [0.5, 0.6) is 0 Å². The van der Waals surface area contributed by atoms with Gasteiger partial charge < -0.3 is 10.6 Å². The number of hydrogen-bond donors (Lipinski definition) is 2. The lowest BCUT2D eigenvalue weighted by Crippen LogP contribution is -2.41. The number of nitrogen functional groups attached to an aromatic ring is 1. The zero-order chi connectivity index (χ0) is 23.8. The summed E-state index contributed by atoms with van der Waals surface area (Å²) < 4.78 is 25.5. The maximum atomic E-state index is 12.6. The molecule has 0 radical (unpaired) electrons. The van der Waals surface area contributed by atoms with E-state index in [2.05, 4.69) is 9.08 Å². The summed E-state index contributed by atoms with van der Waals surface area (Å²) in [6.45, 7) is 2.16. The maximum absolute atomic E-state index is 12.6. The molecule has 1 aromatic carbocycles. The summed E-state index contributed by atoms with van der Waals surface area (Å²) in [5, 5.41) is 4.72. The van der Waals surface area contributed by atoms with E-state index in [-0.39, 0.29) is 12.0 Å². The summed E-state index contributed by atoms with van der Waals surface area (Å²) in [5.74, 6) is 0.107. The average molecular weight is 481 g/mol. The molecule has 4 rings (SSSR count). The van der Waals surface area contributed by atoms with E-state index in [1.807, 2.05) is 24.1 Å². The number of carbonyl (C=O) groups excluding carboxylic acids is 1. The normalized spacial score (nSPS) is 23.0. The van der Waals surface area contributed by atoms with E-state index < -0.39 is 10.3 Å². The Morgan fingerprint density at radius 3 is 2.12 bits per heavy atom. The summed E-state index contributed by atoms with van der Waals surface area (Å²) >= 11 is 0. The fraction of sp³-hybridized carbons (Fsp3) is 0.708. The maximum Gasteiger partial charge on any atom is 0.333 e. The number of anilines is 1. The molecule has 2 saturated carbocycles. The number of nitrogens with two attached hydrogens (primary N) is 2. The highest BCUT2D eigenvalue weighted by Gasteiger charge is 2.32.